The van der Waals surface area contributed by atoms with E-state index in [1.165, 1.54) is 39.2 Å². The Labute approximate surface area is 145 Å². The van der Waals surface area contributed by atoms with E-state index in [4.69, 9.17) is 4.74 Å². The molecular formula is C15H20N2O7S. The Balaban J connectivity index is 3.02. The van der Waals surface area contributed by atoms with E-state index < -0.39 is 34.1 Å². The second kappa shape index (κ2) is 8.08. The molecule has 138 valence electrons. The fraction of sp³-hybridized carbons (Fsp3) is 0.400. The lowest BCUT2D eigenvalue weighted by atomic mass is 10.1. The first-order valence-corrected chi connectivity index (χ1v) is 8.57. The normalized spacial score (nSPS) is 12.4. The highest BCUT2D eigenvalue weighted by atomic mass is 32.2. The molecule has 0 unspecified atom stereocenters. The van der Waals surface area contributed by atoms with Gasteiger partial charge in [-0.2, -0.15) is 0 Å². The molecule has 0 aliphatic rings. The van der Waals surface area contributed by atoms with Crippen LogP contribution < -0.4 is 5.32 Å². The molecule has 0 saturated carbocycles. The third-order valence-electron chi connectivity index (χ3n) is 3.27. The van der Waals surface area contributed by atoms with E-state index in [1.54, 1.807) is 6.92 Å². The maximum absolute atomic E-state index is 12.3. The Hall–Kier alpha value is -2.46. The van der Waals surface area contributed by atoms with Crippen LogP contribution >= 0.6 is 0 Å². The second-order valence-electron chi connectivity index (χ2n) is 5.29. The zero-order valence-corrected chi connectivity index (χ0v) is 15.3. The van der Waals surface area contributed by atoms with Crippen molar-refractivity contribution in [3.63, 3.8) is 0 Å². The minimum absolute atomic E-state index is 0.000595. The molecule has 1 aromatic carbocycles. The third-order valence-corrected chi connectivity index (χ3v) is 5.08. The first kappa shape index (κ1) is 20.6. The smallest absolute Gasteiger partial charge is 0.413 e. The largest absolute Gasteiger partial charge is 0.453 e. The fourth-order valence-corrected chi connectivity index (χ4v) is 2.65. The van der Waals surface area contributed by atoms with Gasteiger partial charge in [-0.05, 0) is 31.5 Å². The third kappa shape index (κ3) is 5.00. The zero-order valence-electron chi connectivity index (χ0n) is 14.5. The number of nitrogens with one attached hydrogen (secondary N) is 1. The maximum atomic E-state index is 12.3. The van der Waals surface area contributed by atoms with E-state index in [0.717, 1.165) is 11.4 Å². The Morgan fingerprint density at radius 1 is 1.20 bits per heavy atom. The number of imide groups is 1. The highest BCUT2D eigenvalue weighted by Crippen LogP contribution is 2.19. The molecule has 0 heterocycles. The van der Waals surface area contributed by atoms with Crippen LogP contribution in [0.25, 0.3) is 0 Å². The fourth-order valence-electron chi connectivity index (χ4n) is 1.72. The number of hydrogen-bond acceptors (Lipinski definition) is 7. The van der Waals surface area contributed by atoms with Crippen LogP contribution in [0.3, 0.4) is 0 Å². The van der Waals surface area contributed by atoms with Gasteiger partial charge >= 0.3 is 12.1 Å². The summed E-state index contributed by atoms with van der Waals surface area (Å²) in [4.78, 5) is 34.9. The van der Waals surface area contributed by atoms with Gasteiger partial charge < -0.3 is 9.47 Å². The molecule has 0 fully saturated rings. The Morgan fingerprint density at radius 3 is 2.32 bits per heavy atom. The van der Waals surface area contributed by atoms with Crippen molar-refractivity contribution in [2.45, 2.75) is 24.8 Å². The predicted octanol–water partition coefficient (Wildman–Crippen LogP) is 0.673. The van der Waals surface area contributed by atoms with Gasteiger partial charge in [0.2, 0.25) is 10.0 Å². The summed E-state index contributed by atoms with van der Waals surface area (Å²) in [5.41, 5.74) is 0.476. The quantitative estimate of drug-likeness (QED) is 0.755. The summed E-state index contributed by atoms with van der Waals surface area (Å²) in [6.07, 6.45) is -2.26. The molecule has 1 atom stereocenters. The zero-order chi connectivity index (χ0) is 19.4. The van der Waals surface area contributed by atoms with E-state index in [0.29, 0.717) is 5.56 Å². The van der Waals surface area contributed by atoms with Gasteiger partial charge in [0.05, 0.1) is 17.6 Å². The molecule has 1 aromatic rings. The first-order chi connectivity index (χ1) is 11.5. The van der Waals surface area contributed by atoms with Crippen LogP contribution in [0.2, 0.25) is 0 Å². The number of methoxy groups -OCH3 is 1. The second-order valence-corrected chi connectivity index (χ2v) is 7.44. The maximum Gasteiger partial charge on any atom is 0.413 e. The molecule has 10 heteroatoms. The van der Waals surface area contributed by atoms with Gasteiger partial charge in [-0.15, -0.1) is 0 Å². The average molecular weight is 372 g/mol. The minimum Gasteiger partial charge on any atom is -0.453 e. The Morgan fingerprint density at radius 2 is 1.80 bits per heavy atom. The van der Waals surface area contributed by atoms with Gasteiger partial charge in [0.1, 0.15) is 0 Å². The first-order valence-electron chi connectivity index (χ1n) is 7.13. The molecule has 0 saturated heterocycles. The highest BCUT2D eigenvalue weighted by Gasteiger charge is 2.24. The topological polar surface area (TPSA) is 119 Å². The Bertz CT molecular complexity index is 787. The van der Waals surface area contributed by atoms with Crippen molar-refractivity contribution in [2.24, 2.45) is 0 Å². The lowest BCUT2D eigenvalue weighted by Gasteiger charge is -2.15. The number of sulfonamides is 1. The monoisotopic (exact) mass is 372 g/mol. The van der Waals surface area contributed by atoms with Gasteiger partial charge in [0.15, 0.2) is 6.10 Å². The lowest BCUT2D eigenvalue weighted by molar-refractivity contribution is -0.128. The molecule has 25 heavy (non-hydrogen) atoms. The number of amides is 2. The van der Waals surface area contributed by atoms with Crippen molar-refractivity contribution in [3.8, 4) is 0 Å². The molecule has 0 radical (unpaired) electrons. The number of nitrogens with zero attached hydrogens (tertiary/aromatic N) is 1. The van der Waals surface area contributed by atoms with Crippen molar-refractivity contribution in [3.05, 3.63) is 29.3 Å². The summed E-state index contributed by atoms with van der Waals surface area (Å²) in [6.45, 7) is 2.87. The standard InChI is InChI=1S/C15H20N2O7S/c1-9-6-7-11(25(21,22)17(3)4)8-12(9)14(19)24-10(2)13(18)16-15(20)23-5/h6-8,10H,1-5H3,(H,16,18,20)/t10-/m0/s1. The van der Waals surface area contributed by atoms with Gasteiger partial charge in [0, 0.05) is 14.1 Å². The summed E-state index contributed by atoms with van der Waals surface area (Å²) < 4.78 is 34.6. The lowest BCUT2D eigenvalue weighted by Crippen LogP contribution is -2.39. The summed E-state index contributed by atoms with van der Waals surface area (Å²) in [5, 5.41) is 1.87. The van der Waals surface area contributed by atoms with Gasteiger partial charge in [0.25, 0.3) is 5.91 Å². The predicted molar refractivity (Wildman–Crippen MR) is 87.5 cm³/mol. The van der Waals surface area contributed by atoms with Crippen LogP contribution in [-0.2, 0) is 24.3 Å². The van der Waals surface area contributed by atoms with Crippen LogP contribution in [-0.4, -0.2) is 58.0 Å². The van der Waals surface area contributed by atoms with Crippen LogP contribution in [0.4, 0.5) is 4.79 Å². The van der Waals surface area contributed by atoms with Crippen molar-refractivity contribution in [1.82, 2.24) is 9.62 Å². The van der Waals surface area contributed by atoms with Gasteiger partial charge in [-0.3, -0.25) is 10.1 Å². The molecule has 0 bridgehead atoms. The molecule has 1 N–H and O–H groups in total. The summed E-state index contributed by atoms with van der Waals surface area (Å²) >= 11 is 0. The molecule has 1 rings (SSSR count). The Kier molecular flexibility index (Phi) is 6.65. The molecule has 9 nitrogen and oxygen atoms in total. The van der Waals surface area contributed by atoms with Gasteiger partial charge in [-0.1, -0.05) is 6.07 Å². The summed E-state index contributed by atoms with van der Waals surface area (Å²) in [7, 11) is 0.0889. The van der Waals surface area contributed by atoms with Crippen molar-refractivity contribution in [2.75, 3.05) is 21.2 Å². The number of alkyl carbamates (subject to hydrolysis) is 1. The van der Waals surface area contributed by atoms with E-state index in [-0.39, 0.29) is 10.5 Å². The summed E-state index contributed by atoms with van der Waals surface area (Å²) in [6, 6.07) is 4.01. The number of benzene rings is 1. The number of carbonyl (C=O) groups excluding carboxylic acids is 3. The molecular weight excluding hydrogens is 352 g/mol. The van der Waals surface area contributed by atoms with Crippen molar-refractivity contribution >= 4 is 28.0 Å². The van der Waals surface area contributed by atoms with Crippen LogP contribution in [0.15, 0.2) is 23.1 Å². The molecule has 0 aliphatic heterocycles. The summed E-state index contributed by atoms with van der Waals surface area (Å²) in [5.74, 6) is -1.75. The average Bonchev–Trinajstić information content (AvgIpc) is 2.54. The highest BCUT2D eigenvalue weighted by molar-refractivity contribution is 7.89. The van der Waals surface area contributed by atoms with Crippen LogP contribution in [0.5, 0.6) is 0 Å². The number of aryl methyl sites for hydroxylation is 1. The van der Waals surface area contributed by atoms with E-state index in [2.05, 4.69) is 4.74 Å². The van der Waals surface area contributed by atoms with E-state index >= 15 is 0 Å². The molecule has 2 amide bonds. The van der Waals surface area contributed by atoms with Crippen LogP contribution in [0, 0.1) is 6.92 Å². The van der Waals surface area contributed by atoms with Crippen LogP contribution in [0.1, 0.15) is 22.8 Å². The van der Waals surface area contributed by atoms with Crippen molar-refractivity contribution < 1.29 is 32.3 Å². The SMILES string of the molecule is COC(=O)NC(=O)[C@H](C)OC(=O)c1cc(S(=O)(=O)N(C)C)ccc1C. The van der Waals surface area contributed by atoms with E-state index in [1.807, 2.05) is 5.32 Å². The number of ether oxygens (including phenoxy) is 2. The van der Waals surface area contributed by atoms with Gasteiger partial charge in [-0.25, -0.2) is 22.3 Å². The van der Waals surface area contributed by atoms with Crippen molar-refractivity contribution in [1.29, 1.82) is 0 Å². The number of carbonyl (C=O) groups is 3. The number of esters is 1. The minimum atomic E-state index is -3.73. The number of rotatable bonds is 5. The number of hydrogen-bond donors (Lipinski definition) is 1. The molecule has 0 aromatic heterocycles. The molecule has 0 spiro atoms. The molecule has 0 aliphatic carbocycles. The van der Waals surface area contributed by atoms with E-state index in [9.17, 15) is 22.8 Å².